The maximum Gasteiger partial charge on any atom is 0.321 e. The highest BCUT2D eigenvalue weighted by Gasteiger charge is 2.10. The van der Waals surface area contributed by atoms with E-state index in [9.17, 15) is 0 Å². The molecule has 21 heavy (non-hydrogen) atoms. The van der Waals surface area contributed by atoms with E-state index in [0.717, 1.165) is 22.8 Å². The number of nitrogen functional groups attached to an aromatic ring is 1. The van der Waals surface area contributed by atoms with E-state index in [1.807, 2.05) is 31.2 Å². The molecule has 0 amide bonds. The first-order valence-electron chi connectivity index (χ1n) is 6.75. The number of anilines is 1. The average molecular weight is 281 g/mol. The highest BCUT2D eigenvalue weighted by atomic mass is 16.5. The molecule has 0 unspecified atom stereocenters. The third kappa shape index (κ3) is 2.74. The predicted octanol–water partition coefficient (Wildman–Crippen LogP) is 2.46. The van der Waals surface area contributed by atoms with Gasteiger partial charge in [-0.1, -0.05) is 25.1 Å². The molecule has 0 aliphatic heterocycles. The molecule has 6 nitrogen and oxygen atoms in total. The summed E-state index contributed by atoms with van der Waals surface area (Å²) in [6.07, 6.45) is 4.42. The van der Waals surface area contributed by atoms with Crippen LogP contribution in [0.4, 0.5) is 5.95 Å². The fraction of sp³-hybridized carbons (Fsp3) is 0.200. The van der Waals surface area contributed by atoms with Gasteiger partial charge < -0.3 is 10.5 Å². The lowest BCUT2D eigenvalue weighted by Gasteiger charge is -2.08. The van der Waals surface area contributed by atoms with Crippen LogP contribution in [0.2, 0.25) is 0 Å². The molecule has 0 aliphatic carbocycles. The molecule has 0 saturated carbocycles. The summed E-state index contributed by atoms with van der Waals surface area (Å²) in [5.74, 6) is 0.655. The largest absolute Gasteiger partial charge is 0.463 e. The summed E-state index contributed by atoms with van der Waals surface area (Å²) in [6, 6.07) is 8.06. The molecular weight excluding hydrogens is 266 g/mol. The van der Waals surface area contributed by atoms with Crippen LogP contribution in [0.5, 0.6) is 6.01 Å². The Morgan fingerprint density at radius 3 is 2.90 bits per heavy atom. The Hall–Kier alpha value is -2.76. The second kappa shape index (κ2) is 5.70. The van der Waals surface area contributed by atoms with Crippen molar-refractivity contribution in [2.75, 3.05) is 12.3 Å². The third-order valence-corrected chi connectivity index (χ3v) is 2.99. The summed E-state index contributed by atoms with van der Waals surface area (Å²) in [5, 5.41) is 2.03. The van der Waals surface area contributed by atoms with E-state index in [4.69, 9.17) is 10.5 Å². The van der Waals surface area contributed by atoms with Crippen molar-refractivity contribution in [2.45, 2.75) is 13.3 Å². The van der Waals surface area contributed by atoms with Gasteiger partial charge in [0.15, 0.2) is 5.82 Å². The second-order valence-corrected chi connectivity index (χ2v) is 4.55. The van der Waals surface area contributed by atoms with Crippen molar-refractivity contribution < 1.29 is 4.74 Å². The SMILES string of the molecule is CCCOc1nc(N)nc(-c2cccc3cnccc23)n1. The van der Waals surface area contributed by atoms with Crippen molar-refractivity contribution in [1.82, 2.24) is 19.9 Å². The molecule has 0 saturated heterocycles. The van der Waals surface area contributed by atoms with Gasteiger partial charge in [0.1, 0.15) is 0 Å². The zero-order valence-corrected chi connectivity index (χ0v) is 11.7. The molecule has 2 heterocycles. The van der Waals surface area contributed by atoms with Crippen molar-refractivity contribution in [3.8, 4) is 17.4 Å². The number of nitrogens with two attached hydrogens (primary N) is 1. The van der Waals surface area contributed by atoms with Crippen LogP contribution in [0.25, 0.3) is 22.2 Å². The molecule has 1 aromatic carbocycles. The van der Waals surface area contributed by atoms with Crippen molar-refractivity contribution in [3.63, 3.8) is 0 Å². The van der Waals surface area contributed by atoms with Gasteiger partial charge in [-0.3, -0.25) is 4.98 Å². The van der Waals surface area contributed by atoms with Crippen LogP contribution in [0.1, 0.15) is 13.3 Å². The number of hydrogen-bond donors (Lipinski definition) is 1. The predicted molar refractivity (Wildman–Crippen MR) is 80.8 cm³/mol. The number of aromatic nitrogens is 4. The lowest BCUT2D eigenvalue weighted by Crippen LogP contribution is -2.05. The molecular formula is C15H15N5O. The summed E-state index contributed by atoms with van der Waals surface area (Å²) in [6.45, 7) is 2.56. The van der Waals surface area contributed by atoms with Gasteiger partial charge >= 0.3 is 6.01 Å². The van der Waals surface area contributed by atoms with Gasteiger partial charge in [-0.05, 0) is 17.9 Å². The maximum absolute atomic E-state index is 5.76. The lowest BCUT2D eigenvalue weighted by molar-refractivity contribution is 0.292. The fourth-order valence-corrected chi connectivity index (χ4v) is 2.07. The first-order valence-corrected chi connectivity index (χ1v) is 6.75. The Labute approximate surface area is 122 Å². The second-order valence-electron chi connectivity index (χ2n) is 4.55. The molecule has 106 valence electrons. The molecule has 3 rings (SSSR count). The number of benzene rings is 1. The topological polar surface area (TPSA) is 86.8 Å². The van der Waals surface area contributed by atoms with Crippen LogP contribution in [0, 0.1) is 0 Å². The number of ether oxygens (including phenoxy) is 1. The normalized spacial score (nSPS) is 10.7. The van der Waals surface area contributed by atoms with Crippen LogP contribution in [-0.2, 0) is 0 Å². The number of pyridine rings is 1. The van der Waals surface area contributed by atoms with E-state index in [1.54, 1.807) is 12.4 Å². The maximum atomic E-state index is 5.76. The summed E-state index contributed by atoms with van der Waals surface area (Å²) < 4.78 is 5.46. The minimum Gasteiger partial charge on any atom is -0.463 e. The van der Waals surface area contributed by atoms with Crippen LogP contribution in [0.15, 0.2) is 36.7 Å². The molecule has 6 heteroatoms. The number of rotatable bonds is 4. The monoisotopic (exact) mass is 281 g/mol. The number of nitrogens with zero attached hydrogens (tertiary/aromatic N) is 4. The first kappa shape index (κ1) is 13.2. The quantitative estimate of drug-likeness (QED) is 0.790. The average Bonchev–Trinajstić information content (AvgIpc) is 2.52. The molecule has 0 aliphatic rings. The van der Waals surface area contributed by atoms with Crippen LogP contribution in [0.3, 0.4) is 0 Å². The van der Waals surface area contributed by atoms with Gasteiger partial charge in [0.2, 0.25) is 5.95 Å². The summed E-state index contributed by atoms with van der Waals surface area (Å²) >= 11 is 0. The molecule has 0 radical (unpaired) electrons. The Morgan fingerprint density at radius 2 is 2.05 bits per heavy atom. The van der Waals surface area contributed by atoms with Crippen molar-refractivity contribution in [3.05, 3.63) is 36.7 Å². The van der Waals surface area contributed by atoms with Crippen LogP contribution >= 0.6 is 0 Å². The summed E-state index contributed by atoms with van der Waals surface area (Å²) in [4.78, 5) is 16.7. The van der Waals surface area contributed by atoms with Crippen molar-refractivity contribution in [1.29, 1.82) is 0 Å². The van der Waals surface area contributed by atoms with Gasteiger partial charge in [0.05, 0.1) is 6.61 Å². The van der Waals surface area contributed by atoms with Gasteiger partial charge in [-0.2, -0.15) is 15.0 Å². The van der Waals surface area contributed by atoms with E-state index in [-0.39, 0.29) is 12.0 Å². The Balaban J connectivity index is 2.12. The third-order valence-electron chi connectivity index (χ3n) is 2.99. The molecule has 3 aromatic rings. The Kier molecular flexibility index (Phi) is 3.59. The summed E-state index contributed by atoms with van der Waals surface area (Å²) in [5.41, 5.74) is 6.64. The molecule has 2 aromatic heterocycles. The number of hydrogen-bond acceptors (Lipinski definition) is 6. The van der Waals surface area contributed by atoms with E-state index in [0.29, 0.717) is 12.4 Å². The van der Waals surface area contributed by atoms with Crippen LogP contribution in [-0.4, -0.2) is 26.5 Å². The molecule has 0 spiro atoms. The van der Waals surface area contributed by atoms with E-state index in [2.05, 4.69) is 19.9 Å². The minimum atomic E-state index is 0.150. The Morgan fingerprint density at radius 1 is 1.14 bits per heavy atom. The molecule has 0 bridgehead atoms. The molecule has 0 atom stereocenters. The number of fused-ring (bicyclic) bond motifs is 1. The van der Waals surface area contributed by atoms with E-state index in [1.165, 1.54) is 0 Å². The Bertz CT molecular complexity index is 770. The lowest BCUT2D eigenvalue weighted by atomic mass is 10.1. The van der Waals surface area contributed by atoms with E-state index >= 15 is 0 Å². The molecule has 0 fully saturated rings. The van der Waals surface area contributed by atoms with Crippen molar-refractivity contribution in [2.24, 2.45) is 0 Å². The van der Waals surface area contributed by atoms with Gasteiger partial charge in [0.25, 0.3) is 0 Å². The van der Waals surface area contributed by atoms with E-state index < -0.39 is 0 Å². The zero-order chi connectivity index (χ0) is 14.7. The zero-order valence-electron chi connectivity index (χ0n) is 11.7. The van der Waals surface area contributed by atoms with Gasteiger partial charge in [-0.15, -0.1) is 0 Å². The van der Waals surface area contributed by atoms with Crippen LogP contribution < -0.4 is 10.5 Å². The molecule has 2 N–H and O–H groups in total. The first-order chi connectivity index (χ1) is 10.3. The van der Waals surface area contributed by atoms with Crippen molar-refractivity contribution >= 4 is 16.7 Å². The summed E-state index contributed by atoms with van der Waals surface area (Å²) in [7, 11) is 0. The highest BCUT2D eigenvalue weighted by molar-refractivity contribution is 5.94. The standard InChI is InChI=1S/C15H15N5O/c1-2-8-21-15-19-13(18-14(16)20-15)12-5-3-4-10-9-17-7-6-11(10)12/h3-7,9H,2,8H2,1H3,(H2,16,18,19,20). The fourth-order valence-electron chi connectivity index (χ4n) is 2.07. The van der Waals surface area contributed by atoms with Gasteiger partial charge in [0, 0.05) is 23.3 Å². The smallest absolute Gasteiger partial charge is 0.321 e. The highest BCUT2D eigenvalue weighted by Crippen LogP contribution is 2.26. The van der Waals surface area contributed by atoms with Gasteiger partial charge in [-0.25, -0.2) is 0 Å². The minimum absolute atomic E-state index is 0.150.